The molecule has 10 aromatic rings. The van der Waals surface area contributed by atoms with Crippen molar-refractivity contribution in [3.05, 3.63) is 216 Å². The summed E-state index contributed by atoms with van der Waals surface area (Å²) in [5.74, 6) is 0. The summed E-state index contributed by atoms with van der Waals surface area (Å²) in [5, 5.41) is 5.01. The summed E-state index contributed by atoms with van der Waals surface area (Å²) >= 11 is 0. The number of hydrogen-bond acceptors (Lipinski definition) is 1. The maximum absolute atomic E-state index is 2.50. The summed E-state index contributed by atoms with van der Waals surface area (Å²) in [6.07, 6.45) is 0. The van der Waals surface area contributed by atoms with Crippen LogP contribution in [0.2, 0.25) is 0 Å². The average Bonchev–Trinajstić information content (AvgIpc) is 3.84. The Hall–Kier alpha value is -7.16. The second-order valence-corrected chi connectivity index (χ2v) is 17.7. The van der Waals surface area contributed by atoms with Crippen molar-refractivity contribution in [3.8, 4) is 39.1 Å². The van der Waals surface area contributed by atoms with Crippen LogP contribution >= 0.6 is 0 Å². The molecule has 0 saturated carbocycles. The molecule has 0 aliphatic heterocycles. The van der Waals surface area contributed by atoms with Gasteiger partial charge in [0.05, 0.1) is 16.7 Å². The lowest BCUT2D eigenvalue weighted by Crippen LogP contribution is -2.17. The van der Waals surface area contributed by atoms with Gasteiger partial charge in [0, 0.05) is 44.2 Å². The highest BCUT2D eigenvalue weighted by atomic mass is 15.1. The average molecular weight is 769 g/mol. The Bertz CT molecular complexity index is 3320. The molecule has 1 heterocycles. The third-order valence-electron chi connectivity index (χ3n) is 13.8. The van der Waals surface area contributed by atoms with Crippen molar-refractivity contribution in [1.29, 1.82) is 0 Å². The Kier molecular flexibility index (Phi) is 7.36. The van der Waals surface area contributed by atoms with Gasteiger partial charge in [-0.1, -0.05) is 167 Å². The van der Waals surface area contributed by atoms with Gasteiger partial charge in [-0.05, 0) is 115 Å². The Morgan fingerprint density at radius 3 is 1.70 bits per heavy atom. The first-order valence-corrected chi connectivity index (χ1v) is 21.2. The predicted octanol–water partition coefficient (Wildman–Crippen LogP) is 15.7. The van der Waals surface area contributed by atoms with Crippen LogP contribution in [0.3, 0.4) is 0 Å². The molecule has 2 aliphatic rings. The van der Waals surface area contributed by atoms with Crippen LogP contribution in [0.25, 0.3) is 71.6 Å². The zero-order chi connectivity index (χ0) is 40.3. The molecule has 1 aromatic heterocycles. The number of benzene rings is 9. The van der Waals surface area contributed by atoms with Crippen molar-refractivity contribution < 1.29 is 0 Å². The van der Waals surface area contributed by atoms with Gasteiger partial charge in [0.1, 0.15) is 0 Å². The fraction of sp³-hybridized carbons (Fsp3) is 0.103. The van der Waals surface area contributed by atoms with Gasteiger partial charge in [-0.3, -0.25) is 0 Å². The molecule has 0 N–H and O–H groups in total. The molecule has 2 heteroatoms. The summed E-state index contributed by atoms with van der Waals surface area (Å²) in [6.45, 7) is 9.48. The number of nitrogens with zero attached hydrogens (tertiary/aromatic N) is 2. The molecule has 0 spiro atoms. The highest BCUT2D eigenvalue weighted by Crippen LogP contribution is 2.56. The number of aromatic nitrogens is 1. The number of rotatable bonds is 5. The summed E-state index contributed by atoms with van der Waals surface area (Å²) in [4.78, 5) is 2.50. The lowest BCUT2D eigenvalue weighted by atomic mass is 9.82. The van der Waals surface area contributed by atoms with Crippen LogP contribution in [0, 0.1) is 0 Å². The fourth-order valence-corrected chi connectivity index (χ4v) is 10.8. The smallest absolute Gasteiger partial charge is 0.0543 e. The molecule has 9 aromatic carbocycles. The molecule has 0 unspecified atom stereocenters. The number of anilines is 3. The lowest BCUT2D eigenvalue weighted by molar-refractivity contribution is 0.660. The lowest BCUT2D eigenvalue weighted by Gasteiger charge is -2.30. The Morgan fingerprint density at radius 2 is 0.950 bits per heavy atom. The van der Waals surface area contributed by atoms with E-state index >= 15 is 0 Å². The molecule has 0 atom stereocenters. The van der Waals surface area contributed by atoms with Crippen LogP contribution in [0.15, 0.2) is 194 Å². The first-order valence-electron chi connectivity index (χ1n) is 21.2. The molecular weight excluding hydrogens is 725 g/mol. The van der Waals surface area contributed by atoms with Gasteiger partial charge in [-0.2, -0.15) is 0 Å². The van der Waals surface area contributed by atoms with Gasteiger partial charge in [-0.15, -0.1) is 0 Å². The molecule has 0 bridgehead atoms. The molecule has 12 rings (SSSR count). The van der Waals surface area contributed by atoms with Crippen LogP contribution in [0.4, 0.5) is 17.1 Å². The number of hydrogen-bond donors (Lipinski definition) is 0. The number of para-hydroxylation sites is 2. The molecule has 2 aliphatic carbocycles. The Labute approximate surface area is 351 Å². The summed E-state index contributed by atoms with van der Waals surface area (Å²) in [7, 11) is 0. The minimum atomic E-state index is -0.114. The summed E-state index contributed by atoms with van der Waals surface area (Å²) in [5.41, 5.74) is 20.1. The second kappa shape index (κ2) is 12.7. The van der Waals surface area contributed by atoms with Crippen molar-refractivity contribution in [2.24, 2.45) is 0 Å². The summed E-state index contributed by atoms with van der Waals surface area (Å²) < 4.78 is 2.41. The van der Waals surface area contributed by atoms with Gasteiger partial charge in [0.25, 0.3) is 0 Å². The van der Waals surface area contributed by atoms with Gasteiger partial charge in [0.15, 0.2) is 0 Å². The van der Waals surface area contributed by atoms with Crippen LogP contribution in [0.5, 0.6) is 0 Å². The normalized spacial score (nSPS) is 14.3. The molecule has 286 valence electrons. The highest BCUT2D eigenvalue weighted by Gasteiger charge is 2.39. The van der Waals surface area contributed by atoms with E-state index in [9.17, 15) is 0 Å². The largest absolute Gasteiger partial charge is 0.310 e. The van der Waals surface area contributed by atoms with Crippen LogP contribution < -0.4 is 4.90 Å². The standard InChI is InChI=1S/C58H44N2/c1-57(2)50-22-10-6-19-47(50)56-51(57)23-14-26-55(56)59(41-33-34-44-43-16-5-9-21-49(43)58(3,4)52(44)36-41)39-30-27-38(28-31-39)42-20-13-15-37-29-32-40(35-48(37)42)60-53-24-11-7-17-45(53)46-18-8-12-25-54(46)60/h5-36H,1-4H3. The van der Waals surface area contributed by atoms with E-state index in [1.165, 1.54) is 99.6 Å². The third kappa shape index (κ3) is 4.88. The SMILES string of the molecule is CC1(C)c2ccccc2-c2ccc(N(c3ccc(-c4cccc5ccc(-n6c7ccccc7c7ccccc76)cc45)cc3)c3cccc4c3-c3ccccc3C4(C)C)cc21. The summed E-state index contributed by atoms with van der Waals surface area (Å²) in [6, 6.07) is 72.3. The van der Waals surface area contributed by atoms with E-state index in [-0.39, 0.29) is 10.8 Å². The zero-order valence-corrected chi connectivity index (χ0v) is 34.4. The van der Waals surface area contributed by atoms with E-state index in [0.717, 1.165) is 11.4 Å². The van der Waals surface area contributed by atoms with Crippen molar-refractivity contribution in [1.82, 2.24) is 4.57 Å². The van der Waals surface area contributed by atoms with E-state index in [0.29, 0.717) is 0 Å². The number of fused-ring (bicyclic) bond motifs is 10. The topological polar surface area (TPSA) is 8.17 Å². The van der Waals surface area contributed by atoms with E-state index in [4.69, 9.17) is 0 Å². The van der Waals surface area contributed by atoms with Crippen molar-refractivity contribution in [3.63, 3.8) is 0 Å². The first kappa shape index (κ1) is 34.8. The van der Waals surface area contributed by atoms with Crippen molar-refractivity contribution in [2.75, 3.05) is 4.90 Å². The van der Waals surface area contributed by atoms with Crippen LogP contribution in [-0.4, -0.2) is 4.57 Å². The van der Waals surface area contributed by atoms with E-state index in [1.807, 2.05) is 0 Å². The molecule has 0 fully saturated rings. The van der Waals surface area contributed by atoms with E-state index < -0.39 is 0 Å². The Balaban J connectivity index is 1.02. The molecule has 60 heavy (non-hydrogen) atoms. The van der Waals surface area contributed by atoms with Crippen LogP contribution in [-0.2, 0) is 10.8 Å². The molecule has 2 nitrogen and oxygen atoms in total. The van der Waals surface area contributed by atoms with Gasteiger partial charge >= 0.3 is 0 Å². The Morgan fingerprint density at radius 1 is 0.383 bits per heavy atom. The van der Waals surface area contributed by atoms with E-state index in [1.54, 1.807) is 0 Å². The van der Waals surface area contributed by atoms with E-state index in [2.05, 4.69) is 231 Å². The van der Waals surface area contributed by atoms with Crippen molar-refractivity contribution >= 4 is 49.6 Å². The highest BCUT2D eigenvalue weighted by molar-refractivity contribution is 6.10. The van der Waals surface area contributed by atoms with Crippen molar-refractivity contribution in [2.45, 2.75) is 38.5 Å². The predicted molar refractivity (Wildman–Crippen MR) is 254 cm³/mol. The maximum atomic E-state index is 2.50. The second-order valence-electron chi connectivity index (χ2n) is 17.7. The van der Waals surface area contributed by atoms with Crippen LogP contribution in [0.1, 0.15) is 49.9 Å². The zero-order valence-electron chi connectivity index (χ0n) is 34.4. The minimum absolute atomic E-state index is 0.106. The molecule has 0 saturated heterocycles. The third-order valence-corrected chi connectivity index (χ3v) is 13.8. The van der Waals surface area contributed by atoms with Gasteiger partial charge in [0.2, 0.25) is 0 Å². The molecule has 0 radical (unpaired) electrons. The van der Waals surface area contributed by atoms with Gasteiger partial charge < -0.3 is 9.47 Å². The molecular formula is C58H44N2. The van der Waals surface area contributed by atoms with Gasteiger partial charge in [-0.25, -0.2) is 0 Å². The quantitative estimate of drug-likeness (QED) is 0.169. The minimum Gasteiger partial charge on any atom is -0.310 e. The fourth-order valence-electron chi connectivity index (χ4n) is 10.8. The monoisotopic (exact) mass is 768 g/mol. The molecule has 0 amide bonds. The first-order chi connectivity index (χ1) is 29.3. The maximum Gasteiger partial charge on any atom is 0.0543 e.